The molecule has 2 N–H and O–H groups in total. The minimum atomic E-state index is -0.781. The second-order valence-corrected chi connectivity index (χ2v) is 5.51. The van der Waals surface area contributed by atoms with E-state index in [9.17, 15) is 14.7 Å². The van der Waals surface area contributed by atoms with Crippen molar-refractivity contribution in [1.82, 2.24) is 5.32 Å². The summed E-state index contributed by atoms with van der Waals surface area (Å²) in [6, 6.07) is 0. The molecule has 0 aromatic carbocycles. The normalized spacial score (nSPS) is 26.8. The van der Waals surface area contributed by atoms with Crippen LogP contribution < -0.4 is 5.32 Å². The van der Waals surface area contributed by atoms with Crippen LogP contribution in [0.15, 0.2) is 0 Å². The van der Waals surface area contributed by atoms with Crippen LogP contribution in [0.2, 0.25) is 0 Å². The van der Waals surface area contributed by atoms with Crippen LogP contribution in [0.1, 0.15) is 52.4 Å². The highest BCUT2D eigenvalue weighted by Crippen LogP contribution is 2.31. The largest absolute Gasteiger partial charge is 0.466 e. The molecule has 5 heteroatoms. The molecule has 2 unspecified atom stereocenters. The minimum Gasteiger partial charge on any atom is -0.466 e. The predicted octanol–water partition coefficient (Wildman–Crippen LogP) is 1.39. The second kappa shape index (κ2) is 7.48. The summed E-state index contributed by atoms with van der Waals surface area (Å²) < 4.78 is 4.75. The molecule has 0 radical (unpaired) electrons. The van der Waals surface area contributed by atoms with Crippen molar-refractivity contribution >= 4 is 11.9 Å². The summed E-state index contributed by atoms with van der Waals surface area (Å²) in [6.45, 7) is 4.46. The molecule has 5 nitrogen and oxygen atoms in total. The van der Waals surface area contributed by atoms with Gasteiger partial charge in [-0.25, -0.2) is 0 Å². The van der Waals surface area contributed by atoms with E-state index in [4.69, 9.17) is 4.74 Å². The van der Waals surface area contributed by atoms with Gasteiger partial charge < -0.3 is 15.2 Å². The van der Waals surface area contributed by atoms with Gasteiger partial charge in [0.1, 0.15) is 0 Å². The van der Waals surface area contributed by atoms with Crippen molar-refractivity contribution in [2.75, 3.05) is 13.2 Å². The smallest absolute Gasteiger partial charge is 0.306 e. The summed E-state index contributed by atoms with van der Waals surface area (Å²) in [5, 5.41) is 13.1. The summed E-state index contributed by atoms with van der Waals surface area (Å²) in [7, 11) is 0. The molecule has 0 heterocycles. The van der Waals surface area contributed by atoms with Gasteiger partial charge in [0, 0.05) is 13.0 Å². The fraction of sp³-hybridized carbons (Fsp3) is 0.857. The Hall–Kier alpha value is -1.10. The molecule has 1 rings (SSSR count). The van der Waals surface area contributed by atoms with Crippen molar-refractivity contribution in [3.05, 3.63) is 0 Å². The zero-order valence-electron chi connectivity index (χ0n) is 11.9. The van der Waals surface area contributed by atoms with E-state index >= 15 is 0 Å². The highest BCUT2D eigenvalue weighted by Gasteiger charge is 2.32. The average Bonchev–Trinajstić information content (AvgIpc) is 2.34. The first-order valence-corrected chi connectivity index (χ1v) is 7.10. The van der Waals surface area contributed by atoms with Gasteiger partial charge in [0.05, 0.1) is 18.6 Å². The Kier molecular flexibility index (Phi) is 6.28. The maximum atomic E-state index is 11.6. The van der Waals surface area contributed by atoms with Crippen LogP contribution in [-0.2, 0) is 14.3 Å². The van der Waals surface area contributed by atoms with Gasteiger partial charge in [0.15, 0.2) is 0 Å². The van der Waals surface area contributed by atoms with Crippen molar-refractivity contribution in [3.8, 4) is 0 Å². The third-order valence-corrected chi connectivity index (χ3v) is 3.54. The minimum absolute atomic E-state index is 0.0918. The maximum absolute atomic E-state index is 11.6. The van der Waals surface area contributed by atoms with Gasteiger partial charge in [0.2, 0.25) is 5.91 Å². The lowest BCUT2D eigenvalue weighted by atomic mass is 9.79. The zero-order chi connectivity index (χ0) is 14.3. The molecule has 0 aromatic heterocycles. The molecule has 1 aliphatic rings. The molecule has 0 aromatic rings. The number of rotatable bonds is 6. The summed E-state index contributed by atoms with van der Waals surface area (Å²) >= 11 is 0. The van der Waals surface area contributed by atoms with E-state index in [0.29, 0.717) is 12.5 Å². The molecular formula is C14H25NO4. The van der Waals surface area contributed by atoms with Gasteiger partial charge in [-0.2, -0.15) is 0 Å². The topological polar surface area (TPSA) is 75.6 Å². The van der Waals surface area contributed by atoms with E-state index in [1.165, 1.54) is 0 Å². The molecule has 0 spiro atoms. The van der Waals surface area contributed by atoms with Gasteiger partial charge in [0.25, 0.3) is 0 Å². The number of amides is 1. The van der Waals surface area contributed by atoms with E-state index < -0.39 is 5.60 Å². The highest BCUT2D eigenvalue weighted by molar-refractivity contribution is 5.81. The Labute approximate surface area is 114 Å². The molecule has 1 amide bonds. The Balaban J connectivity index is 2.24. The lowest BCUT2D eigenvalue weighted by Crippen LogP contribution is -2.45. The predicted molar refractivity (Wildman–Crippen MR) is 71.5 cm³/mol. The van der Waals surface area contributed by atoms with Crippen molar-refractivity contribution in [2.24, 2.45) is 5.92 Å². The molecule has 1 fully saturated rings. The second-order valence-electron chi connectivity index (χ2n) is 5.51. The van der Waals surface area contributed by atoms with E-state index in [1.807, 2.05) is 0 Å². The van der Waals surface area contributed by atoms with Crippen LogP contribution >= 0.6 is 0 Å². The Morgan fingerprint density at radius 2 is 2.16 bits per heavy atom. The number of esters is 1. The number of carbonyl (C=O) groups excluding carboxylic acids is 2. The number of aliphatic hydroxyl groups is 1. The first kappa shape index (κ1) is 16.0. The number of carbonyl (C=O) groups is 2. The van der Waals surface area contributed by atoms with Crippen LogP contribution in [0.5, 0.6) is 0 Å². The molecule has 1 saturated carbocycles. The highest BCUT2D eigenvalue weighted by atomic mass is 16.5. The van der Waals surface area contributed by atoms with Crippen molar-refractivity contribution in [2.45, 2.75) is 58.0 Å². The van der Waals surface area contributed by atoms with Crippen LogP contribution in [0, 0.1) is 5.92 Å². The summed E-state index contributed by atoms with van der Waals surface area (Å²) in [5.74, 6) is -0.0717. The van der Waals surface area contributed by atoms with Gasteiger partial charge in [-0.1, -0.05) is 19.8 Å². The first-order valence-electron chi connectivity index (χ1n) is 7.10. The monoisotopic (exact) mass is 271 g/mol. The first-order chi connectivity index (χ1) is 8.95. The molecule has 1 aliphatic carbocycles. The number of nitrogens with one attached hydrogen (secondary N) is 1. The van der Waals surface area contributed by atoms with Crippen LogP contribution in [0.4, 0.5) is 0 Å². The third kappa shape index (κ3) is 6.05. The van der Waals surface area contributed by atoms with Crippen LogP contribution in [0.25, 0.3) is 0 Å². The van der Waals surface area contributed by atoms with Gasteiger partial charge in [-0.05, 0) is 25.7 Å². The van der Waals surface area contributed by atoms with E-state index in [0.717, 1.165) is 25.7 Å². The van der Waals surface area contributed by atoms with Crippen LogP contribution in [0.3, 0.4) is 0 Å². The molecule has 110 valence electrons. The van der Waals surface area contributed by atoms with Gasteiger partial charge >= 0.3 is 5.97 Å². The van der Waals surface area contributed by atoms with Crippen molar-refractivity contribution < 1.29 is 19.4 Å². The SMILES string of the molecule is CCOC(=O)CCC(=O)NCC1(O)CCCC(C)C1. The molecule has 0 bridgehead atoms. The van der Waals surface area contributed by atoms with Gasteiger partial charge in [-0.3, -0.25) is 9.59 Å². The number of ether oxygens (including phenoxy) is 1. The van der Waals surface area contributed by atoms with E-state index in [-0.39, 0.29) is 31.3 Å². The maximum Gasteiger partial charge on any atom is 0.306 e. The Bertz CT molecular complexity index is 319. The van der Waals surface area contributed by atoms with Crippen molar-refractivity contribution in [1.29, 1.82) is 0 Å². The summed E-state index contributed by atoms with van der Waals surface area (Å²) in [4.78, 5) is 22.7. The number of hydrogen-bond acceptors (Lipinski definition) is 4. The Morgan fingerprint density at radius 1 is 1.42 bits per heavy atom. The lowest BCUT2D eigenvalue weighted by molar-refractivity contribution is -0.144. The van der Waals surface area contributed by atoms with E-state index in [2.05, 4.69) is 12.2 Å². The van der Waals surface area contributed by atoms with Crippen molar-refractivity contribution in [3.63, 3.8) is 0 Å². The quantitative estimate of drug-likeness (QED) is 0.716. The molecule has 2 atom stereocenters. The summed E-state index contributed by atoms with van der Waals surface area (Å²) in [5.41, 5.74) is -0.781. The molecule has 0 saturated heterocycles. The fourth-order valence-electron chi connectivity index (χ4n) is 2.59. The van der Waals surface area contributed by atoms with Crippen LogP contribution in [-0.4, -0.2) is 35.7 Å². The fourth-order valence-corrected chi connectivity index (χ4v) is 2.59. The molecular weight excluding hydrogens is 246 g/mol. The number of hydrogen-bond donors (Lipinski definition) is 2. The van der Waals surface area contributed by atoms with Gasteiger partial charge in [-0.15, -0.1) is 0 Å². The standard InChI is InChI=1S/C14H25NO4/c1-3-19-13(17)7-6-12(16)15-10-14(18)8-4-5-11(2)9-14/h11,18H,3-10H2,1-2H3,(H,15,16). The van der Waals surface area contributed by atoms with E-state index in [1.54, 1.807) is 6.92 Å². The summed E-state index contributed by atoms with van der Waals surface area (Å²) in [6.07, 6.45) is 3.80. The third-order valence-electron chi connectivity index (χ3n) is 3.54. The molecule has 0 aliphatic heterocycles. The zero-order valence-corrected chi connectivity index (χ0v) is 11.9. The lowest BCUT2D eigenvalue weighted by Gasteiger charge is -2.35. The average molecular weight is 271 g/mol. The molecule has 19 heavy (non-hydrogen) atoms. The Morgan fingerprint density at radius 3 is 2.79 bits per heavy atom.